The van der Waals surface area contributed by atoms with Crippen LogP contribution in [0.5, 0.6) is 23.0 Å². The van der Waals surface area contributed by atoms with Crippen molar-refractivity contribution in [1.82, 2.24) is 0 Å². The van der Waals surface area contributed by atoms with Gasteiger partial charge in [0.2, 0.25) is 0 Å². The standard InChI is InChI=1S/C28H18O3/c1-3-19-11-15-21(16-12-19)23-7-5-9-25(27(23)29)31-26-10-6-8-24(28(26)30)22-17-13-20(4-2)14-18-22/h1-2,5-18,29-30H. The van der Waals surface area contributed by atoms with Crippen LogP contribution < -0.4 is 4.74 Å². The molecule has 4 aromatic rings. The highest BCUT2D eigenvalue weighted by atomic mass is 16.5. The van der Waals surface area contributed by atoms with Crippen molar-refractivity contribution in [2.75, 3.05) is 0 Å². The summed E-state index contributed by atoms with van der Waals surface area (Å²) in [4.78, 5) is 0. The van der Waals surface area contributed by atoms with Gasteiger partial charge in [-0.15, -0.1) is 12.8 Å². The molecule has 2 N–H and O–H groups in total. The maximum atomic E-state index is 10.8. The Kier molecular flexibility index (Phi) is 5.35. The van der Waals surface area contributed by atoms with Gasteiger partial charge in [-0.1, -0.05) is 60.4 Å². The number of hydrogen-bond donors (Lipinski definition) is 2. The van der Waals surface area contributed by atoms with Gasteiger partial charge >= 0.3 is 0 Å². The van der Waals surface area contributed by atoms with Gasteiger partial charge in [-0.2, -0.15) is 0 Å². The SMILES string of the molecule is C#Cc1ccc(-c2cccc(Oc3cccc(-c4ccc(C#C)cc4)c3O)c2O)cc1. The zero-order valence-corrected chi connectivity index (χ0v) is 16.5. The van der Waals surface area contributed by atoms with E-state index in [9.17, 15) is 10.2 Å². The van der Waals surface area contributed by atoms with E-state index in [1.165, 1.54) is 0 Å². The first-order valence-corrected chi connectivity index (χ1v) is 9.56. The minimum atomic E-state index is -0.0286. The molecule has 0 unspecified atom stereocenters. The summed E-state index contributed by atoms with van der Waals surface area (Å²) >= 11 is 0. The van der Waals surface area contributed by atoms with E-state index in [1.807, 2.05) is 48.5 Å². The molecule has 31 heavy (non-hydrogen) atoms. The first-order valence-electron chi connectivity index (χ1n) is 9.56. The quantitative estimate of drug-likeness (QED) is 0.400. The maximum Gasteiger partial charge on any atom is 0.169 e. The van der Waals surface area contributed by atoms with Crippen molar-refractivity contribution >= 4 is 0 Å². The molecule has 0 saturated carbocycles. The van der Waals surface area contributed by atoms with Crippen LogP contribution in [0, 0.1) is 24.7 Å². The Balaban J connectivity index is 1.68. The Labute approximate surface area is 181 Å². The number of rotatable bonds is 4. The van der Waals surface area contributed by atoms with Crippen LogP contribution in [0.2, 0.25) is 0 Å². The van der Waals surface area contributed by atoms with Crippen LogP contribution in [0.1, 0.15) is 11.1 Å². The molecule has 0 aromatic heterocycles. The van der Waals surface area contributed by atoms with E-state index < -0.39 is 0 Å². The lowest BCUT2D eigenvalue weighted by Gasteiger charge is -2.14. The fourth-order valence-corrected chi connectivity index (χ4v) is 3.29. The number of terminal acetylenes is 2. The van der Waals surface area contributed by atoms with Crippen LogP contribution in [-0.4, -0.2) is 10.2 Å². The normalized spacial score (nSPS) is 10.1. The molecule has 0 aliphatic heterocycles. The van der Waals surface area contributed by atoms with Crippen molar-refractivity contribution in [3.63, 3.8) is 0 Å². The summed E-state index contributed by atoms with van der Waals surface area (Å²) in [7, 11) is 0. The lowest BCUT2D eigenvalue weighted by atomic mass is 10.0. The highest BCUT2D eigenvalue weighted by molar-refractivity contribution is 5.76. The Morgan fingerprint density at radius 2 is 0.935 bits per heavy atom. The number of hydrogen-bond acceptors (Lipinski definition) is 3. The molecule has 0 aliphatic carbocycles. The Morgan fingerprint density at radius 1 is 0.548 bits per heavy atom. The summed E-state index contributed by atoms with van der Waals surface area (Å²) in [5.74, 6) is 5.55. The van der Waals surface area contributed by atoms with E-state index in [2.05, 4.69) is 11.8 Å². The van der Waals surface area contributed by atoms with Gasteiger partial charge in [0.15, 0.2) is 23.0 Å². The summed E-state index contributed by atoms with van der Waals surface area (Å²) in [5, 5.41) is 21.6. The fraction of sp³-hybridized carbons (Fsp3) is 0. The molecule has 0 aliphatic rings. The summed E-state index contributed by atoms with van der Waals surface area (Å²) in [6.45, 7) is 0. The van der Waals surface area contributed by atoms with Gasteiger partial charge in [0.25, 0.3) is 0 Å². The van der Waals surface area contributed by atoms with E-state index in [1.54, 1.807) is 36.4 Å². The smallest absolute Gasteiger partial charge is 0.169 e. The Morgan fingerprint density at radius 3 is 1.29 bits per heavy atom. The van der Waals surface area contributed by atoms with Gasteiger partial charge < -0.3 is 14.9 Å². The lowest BCUT2D eigenvalue weighted by Crippen LogP contribution is -1.90. The number of phenols is 2. The van der Waals surface area contributed by atoms with Gasteiger partial charge in [0, 0.05) is 22.3 Å². The number of ether oxygens (including phenoxy) is 1. The molecule has 148 valence electrons. The number of aromatic hydroxyl groups is 2. The van der Waals surface area contributed by atoms with Crippen LogP contribution in [-0.2, 0) is 0 Å². The molecule has 0 atom stereocenters. The lowest BCUT2D eigenvalue weighted by molar-refractivity contribution is 0.387. The Hall–Kier alpha value is -4.60. The number of benzene rings is 4. The molecule has 0 bridgehead atoms. The molecule has 0 fully saturated rings. The average molecular weight is 402 g/mol. The van der Waals surface area contributed by atoms with Gasteiger partial charge in [-0.3, -0.25) is 0 Å². The minimum absolute atomic E-state index is 0.0286. The summed E-state index contributed by atoms with van der Waals surface area (Å²) in [5.41, 5.74) is 4.31. The molecule has 0 saturated heterocycles. The molecule has 4 rings (SSSR count). The van der Waals surface area contributed by atoms with E-state index >= 15 is 0 Å². The van der Waals surface area contributed by atoms with Crippen LogP contribution in [0.4, 0.5) is 0 Å². The summed E-state index contributed by atoms with van der Waals surface area (Å²) in [6, 6.07) is 25.0. The molecular weight excluding hydrogens is 384 g/mol. The molecule has 0 radical (unpaired) electrons. The Bertz CT molecular complexity index is 1210. The van der Waals surface area contributed by atoms with Crippen LogP contribution in [0.25, 0.3) is 22.3 Å². The van der Waals surface area contributed by atoms with Crippen molar-refractivity contribution in [3.8, 4) is 69.9 Å². The van der Waals surface area contributed by atoms with Crippen molar-refractivity contribution in [2.24, 2.45) is 0 Å². The van der Waals surface area contributed by atoms with Gasteiger partial charge in [-0.05, 0) is 47.5 Å². The van der Waals surface area contributed by atoms with Crippen LogP contribution in [0.3, 0.4) is 0 Å². The molecule has 3 heteroatoms. The van der Waals surface area contributed by atoms with E-state index in [-0.39, 0.29) is 23.0 Å². The third-order valence-electron chi connectivity index (χ3n) is 4.94. The predicted molar refractivity (Wildman–Crippen MR) is 123 cm³/mol. The zero-order chi connectivity index (χ0) is 21.8. The second-order valence-electron chi connectivity index (χ2n) is 6.85. The number of phenolic OH excluding ortho intramolecular Hbond substituents is 2. The van der Waals surface area contributed by atoms with Crippen molar-refractivity contribution < 1.29 is 14.9 Å². The summed E-state index contributed by atoms with van der Waals surface area (Å²) in [6.07, 6.45) is 10.8. The molecule has 3 nitrogen and oxygen atoms in total. The highest BCUT2D eigenvalue weighted by Gasteiger charge is 2.15. The average Bonchev–Trinajstić information content (AvgIpc) is 2.82. The third-order valence-corrected chi connectivity index (χ3v) is 4.94. The molecule has 0 spiro atoms. The van der Waals surface area contributed by atoms with Crippen molar-refractivity contribution in [1.29, 1.82) is 0 Å². The monoisotopic (exact) mass is 402 g/mol. The molecule has 0 heterocycles. The van der Waals surface area contributed by atoms with E-state index in [0.29, 0.717) is 11.1 Å². The second-order valence-corrected chi connectivity index (χ2v) is 6.85. The minimum Gasteiger partial charge on any atom is -0.504 e. The molecule has 4 aromatic carbocycles. The third kappa shape index (κ3) is 3.94. The zero-order valence-electron chi connectivity index (χ0n) is 16.5. The second kappa shape index (κ2) is 8.41. The van der Waals surface area contributed by atoms with Crippen LogP contribution >= 0.6 is 0 Å². The van der Waals surface area contributed by atoms with E-state index in [0.717, 1.165) is 22.3 Å². The first kappa shape index (κ1) is 19.7. The van der Waals surface area contributed by atoms with Crippen molar-refractivity contribution in [3.05, 3.63) is 96.1 Å². The summed E-state index contributed by atoms with van der Waals surface area (Å²) < 4.78 is 5.89. The van der Waals surface area contributed by atoms with Crippen LogP contribution in [0.15, 0.2) is 84.9 Å². The van der Waals surface area contributed by atoms with Gasteiger partial charge in [0.1, 0.15) is 0 Å². The predicted octanol–water partition coefficient (Wildman–Crippen LogP) is 6.19. The molecule has 0 amide bonds. The highest BCUT2D eigenvalue weighted by Crippen LogP contribution is 2.43. The fourth-order valence-electron chi connectivity index (χ4n) is 3.29. The number of para-hydroxylation sites is 2. The maximum absolute atomic E-state index is 10.8. The molecular formula is C28H18O3. The topological polar surface area (TPSA) is 49.7 Å². The van der Waals surface area contributed by atoms with Gasteiger partial charge in [0.05, 0.1) is 0 Å². The first-order chi connectivity index (χ1) is 15.1. The van der Waals surface area contributed by atoms with E-state index in [4.69, 9.17) is 17.6 Å². The van der Waals surface area contributed by atoms with Crippen molar-refractivity contribution in [2.45, 2.75) is 0 Å². The van der Waals surface area contributed by atoms with Gasteiger partial charge in [-0.25, -0.2) is 0 Å². The largest absolute Gasteiger partial charge is 0.504 e.